The second-order valence-corrected chi connectivity index (χ2v) is 2.42. The molecule has 0 radical (unpaired) electrons. The second-order valence-electron chi connectivity index (χ2n) is 2.42. The average molecular weight is 248 g/mol. The fourth-order valence-electron chi connectivity index (χ4n) is 0.684. The van der Waals surface area contributed by atoms with Crippen LogP contribution in [0.2, 0.25) is 0 Å². The minimum atomic E-state index is -2.97. The molecular weight excluding hydrogens is 243 g/mol. The Hall–Kier alpha value is -1.11. The van der Waals surface area contributed by atoms with Gasteiger partial charge in [-0.15, -0.1) is 0 Å². The van der Waals surface area contributed by atoms with E-state index in [2.05, 4.69) is 0 Å². The maximum atomic E-state index is 10.1. The van der Waals surface area contributed by atoms with Gasteiger partial charge in [0.1, 0.15) is 5.60 Å². The number of rotatable bonds is 5. The van der Waals surface area contributed by atoms with Gasteiger partial charge >= 0.3 is 17.1 Å². The molecule has 0 saturated heterocycles. The Morgan fingerprint density at radius 1 is 1.00 bits per heavy atom. The topological polar surface area (TPSA) is 141 Å². The van der Waals surface area contributed by atoms with Crippen molar-refractivity contribution in [3.8, 4) is 0 Å². The molecule has 0 aliphatic carbocycles. The predicted octanol–water partition coefficient (Wildman–Crippen LogP) is -5.26. The summed E-state index contributed by atoms with van der Waals surface area (Å²) in [7, 11) is 0. The van der Waals surface area contributed by atoms with Crippen LogP contribution in [0.15, 0.2) is 0 Å². The van der Waals surface area contributed by atoms with Crippen LogP contribution in [-0.4, -0.2) is 28.6 Å². The van der Waals surface area contributed by atoms with Gasteiger partial charge in [0.2, 0.25) is 0 Å². The molecule has 0 aromatic rings. The molecule has 0 heterocycles. The quantitative estimate of drug-likeness (QED) is 0.479. The van der Waals surface area contributed by atoms with Crippen molar-refractivity contribution in [1.82, 2.24) is 0 Å². The molecule has 0 unspecified atom stereocenters. The van der Waals surface area contributed by atoms with Crippen molar-refractivity contribution in [2.45, 2.75) is 18.4 Å². The zero-order valence-corrected chi connectivity index (χ0v) is 7.77. The Balaban J connectivity index is 0. The number of aliphatic carboxylic acids is 3. The smallest absolute Gasteiger partial charge is 0.550 e. The van der Waals surface area contributed by atoms with Gasteiger partial charge in [0.15, 0.2) is 0 Å². The van der Waals surface area contributed by atoms with E-state index in [4.69, 9.17) is 5.11 Å². The first-order valence-corrected chi connectivity index (χ1v) is 3.11. The first-order valence-electron chi connectivity index (χ1n) is 3.11. The van der Waals surface area contributed by atoms with Crippen LogP contribution in [0.4, 0.5) is 0 Å². The molecule has 0 aromatic carbocycles. The molecule has 0 aromatic heterocycles. The number of aliphatic hydroxyl groups is 1. The number of carboxylic acids is 3. The molecule has 0 atom stereocenters. The molecule has 80 valence electrons. The summed E-state index contributed by atoms with van der Waals surface area (Å²) in [5.74, 6) is -5.98. The zero-order valence-electron chi connectivity index (χ0n) is 6.66. The number of carbonyl (C=O) groups excluding carboxylic acids is 3. The largest absolute Gasteiger partial charge is 2.00 e. The average Bonchev–Trinajstić information content (AvgIpc) is 1.82. The maximum absolute atomic E-state index is 10.1. The van der Waals surface area contributed by atoms with Crippen molar-refractivity contribution in [1.29, 1.82) is 0 Å². The Morgan fingerprint density at radius 2 is 1.29 bits per heavy atom. The van der Waals surface area contributed by atoms with Crippen molar-refractivity contribution in [2.75, 3.05) is 0 Å². The number of carbonyl (C=O) groups is 3. The normalized spacial score (nSPS) is 10.1. The fraction of sp³-hybridized carbons (Fsp3) is 0.500. The maximum Gasteiger partial charge on any atom is 2.00 e. The van der Waals surface area contributed by atoms with Crippen LogP contribution in [0.3, 0.4) is 0 Å². The van der Waals surface area contributed by atoms with Crippen LogP contribution in [0.1, 0.15) is 12.8 Å². The summed E-state index contributed by atoms with van der Waals surface area (Å²) >= 11 is 0. The van der Waals surface area contributed by atoms with Crippen LogP contribution in [0.5, 0.6) is 0 Å². The fourth-order valence-corrected chi connectivity index (χ4v) is 0.684. The van der Waals surface area contributed by atoms with Gasteiger partial charge in [0, 0.05) is 24.8 Å². The summed E-state index contributed by atoms with van der Waals surface area (Å²) in [4.78, 5) is 30.0. The van der Waals surface area contributed by atoms with Gasteiger partial charge in [0.05, 0.1) is 5.97 Å². The number of carboxylic acid groups (broad SMARTS) is 3. The third-order valence-corrected chi connectivity index (χ3v) is 1.25. The van der Waals surface area contributed by atoms with Crippen molar-refractivity contribution >= 4 is 17.9 Å². The Kier molecular flexibility index (Phi) is 6.13. The van der Waals surface area contributed by atoms with Gasteiger partial charge in [-0.1, -0.05) is 0 Å². The van der Waals surface area contributed by atoms with Crippen molar-refractivity contribution < 1.29 is 51.9 Å². The van der Waals surface area contributed by atoms with E-state index in [-0.39, 0.29) is 17.1 Å². The van der Waals surface area contributed by atoms with Crippen LogP contribution in [0.25, 0.3) is 0 Å². The molecule has 0 bridgehead atoms. The molecule has 0 rings (SSSR count). The van der Waals surface area contributed by atoms with E-state index in [0.29, 0.717) is 0 Å². The van der Waals surface area contributed by atoms with Gasteiger partial charge in [-0.25, -0.2) is 0 Å². The zero-order chi connectivity index (χ0) is 10.6. The number of hydrogen-bond donors (Lipinski definition) is 1. The summed E-state index contributed by atoms with van der Waals surface area (Å²) in [5.41, 5.74) is -2.97. The minimum absolute atomic E-state index is 0. The van der Waals surface area contributed by atoms with E-state index < -0.39 is 36.4 Å². The monoisotopic (exact) mass is 248 g/mol. The van der Waals surface area contributed by atoms with E-state index in [9.17, 15) is 29.7 Å². The summed E-state index contributed by atoms with van der Waals surface area (Å²) < 4.78 is 0. The third kappa shape index (κ3) is 4.80. The van der Waals surface area contributed by atoms with E-state index in [0.717, 1.165) is 0 Å². The molecule has 0 aliphatic heterocycles. The van der Waals surface area contributed by atoms with Crippen LogP contribution in [-0.2, 0) is 31.5 Å². The molecule has 14 heavy (non-hydrogen) atoms. The van der Waals surface area contributed by atoms with Crippen LogP contribution >= 0.6 is 0 Å². The van der Waals surface area contributed by atoms with Crippen LogP contribution < -0.4 is 15.3 Å². The summed E-state index contributed by atoms with van der Waals surface area (Å²) in [6.07, 6.45) is -2.72. The standard InChI is InChI=1S/C6H8O7.Fe/c7-3(8)1-6(13,5(11)12)2-4(9)10;/h13H,1-2H2,(H,7,8)(H,9,10)(H,11,12);/q;+2/p-3/i;1+3. The summed E-state index contributed by atoms with van der Waals surface area (Å²) in [6, 6.07) is 0. The Bertz CT molecular complexity index is 233. The molecular formula is C6H5FeO7-. The molecule has 0 spiro atoms. The van der Waals surface area contributed by atoms with Crippen molar-refractivity contribution in [3.05, 3.63) is 0 Å². The van der Waals surface area contributed by atoms with Crippen molar-refractivity contribution in [3.63, 3.8) is 0 Å². The molecule has 0 fully saturated rings. The van der Waals surface area contributed by atoms with Gasteiger partial charge < -0.3 is 34.8 Å². The molecule has 7 nitrogen and oxygen atoms in total. The summed E-state index contributed by atoms with van der Waals surface area (Å²) in [5, 5.41) is 38.9. The molecule has 0 saturated carbocycles. The molecule has 0 aliphatic rings. The van der Waals surface area contributed by atoms with Gasteiger partial charge in [0.25, 0.3) is 0 Å². The van der Waals surface area contributed by atoms with E-state index >= 15 is 0 Å². The van der Waals surface area contributed by atoms with Gasteiger partial charge in [-0.05, 0) is 0 Å². The van der Waals surface area contributed by atoms with Gasteiger partial charge in [-0.2, -0.15) is 0 Å². The van der Waals surface area contributed by atoms with E-state index in [1.165, 1.54) is 0 Å². The van der Waals surface area contributed by atoms with E-state index in [1.807, 2.05) is 0 Å². The Morgan fingerprint density at radius 3 is 1.43 bits per heavy atom. The van der Waals surface area contributed by atoms with Gasteiger partial charge in [-0.3, -0.25) is 0 Å². The first-order chi connectivity index (χ1) is 5.78. The second kappa shape index (κ2) is 5.58. The third-order valence-electron chi connectivity index (χ3n) is 1.25. The summed E-state index contributed by atoms with van der Waals surface area (Å²) in [6.45, 7) is 0. The minimum Gasteiger partial charge on any atom is -0.550 e. The predicted molar refractivity (Wildman–Crippen MR) is 29.2 cm³/mol. The molecule has 0 amide bonds. The molecule has 8 heteroatoms. The number of hydrogen-bond acceptors (Lipinski definition) is 7. The van der Waals surface area contributed by atoms with Crippen LogP contribution in [0, 0.1) is 0 Å². The first kappa shape index (κ1) is 15.4. The van der Waals surface area contributed by atoms with Crippen molar-refractivity contribution in [2.24, 2.45) is 0 Å². The molecule has 1 N–H and O–H groups in total. The van der Waals surface area contributed by atoms with E-state index in [1.54, 1.807) is 0 Å². The SMILES string of the molecule is O=C([O-])CC(O)(CC(=O)[O-])C(=O)[O-].[59Fe+2]. The Labute approximate surface area is 88.8 Å².